The molecular weight excluding hydrogens is 341 g/mol. The second kappa shape index (κ2) is 7.39. The van der Waals surface area contributed by atoms with Crippen molar-refractivity contribution in [3.63, 3.8) is 0 Å². The summed E-state index contributed by atoms with van der Waals surface area (Å²) in [6, 6.07) is 14.3. The number of carbonyl (C=O) groups excluding carboxylic acids is 1. The minimum atomic E-state index is -0.508. The maximum absolute atomic E-state index is 12.8. The highest BCUT2D eigenvalue weighted by Gasteiger charge is 2.16. The van der Waals surface area contributed by atoms with E-state index in [9.17, 15) is 19.3 Å². The molecule has 0 radical (unpaired) electrons. The smallest absolute Gasteiger partial charge is 0.280 e. The molecule has 0 spiro atoms. The van der Waals surface area contributed by atoms with Gasteiger partial charge in [0, 0.05) is 11.6 Å². The first kappa shape index (κ1) is 17.0. The van der Waals surface area contributed by atoms with Crippen molar-refractivity contribution >= 4 is 17.8 Å². The van der Waals surface area contributed by atoms with Gasteiger partial charge in [-0.15, -0.1) is 0 Å². The molecule has 130 valence electrons. The van der Waals surface area contributed by atoms with Crippen LogP contribution in [0.4, 0.5) is 10.1 Å². The summed E-state index contributed by atoms with van der Waals surface area (Å²) in [5.41, 5.74) is 2.80. The number of benzene rings is 2. The third-order valence-electron chi connectivity index (χ3n) is 3.46. The van der Waals surface area contributed by atoms with E-state index in [-0.39, 0.29) is 11.3 Å². The average Bonchev–Trinajstić information content (AvgIpc) is 3.11. The number of furan rings is 1. The van der Waals surface area contributed by atoms with E-state index in [0.29, 0.717) is 17.1 Å². The Labute approximate surface area is 146 Å². The maximum Gasteiger partial charge on any atom is 0.280 e. The van der Waals surface area contributed by atoms with Gasteiger partial charge >= 0.3 is 0 Å². The van der Waals surface area contributed by atoms with Gasteiger partial charge in [-0.2, -0.15) is 5.10 Å². The molecule has 1 heterocycles. The van der Waals surface area contributed by atoms with Gasteiger partial charge in [0.1, 0.15) is 17.3 Å². The number of para-hydroxylation sites is 1. The van der Waals surface area contributed by atoms with Crippen LogP contribution in [0.15, 0.2) is 70.2 Å². The standard InChI is InChI=1S/C18H12FN3O4/c19-13-7-5-12(6-8-13)18(23)21-20-11-14-9-10-17(26-14)15-3-1-2-4-16(15)22(24)25/h1-11H,(H,21,23)/b20-11-. The fourth-order valence-corrected chi connectivity index (χ4v) is 2.23. The van der Waals surface area contributed by atoms with Crippen molar-refractivity contribution in [1.82, 2.24) is 5.43 Å². The number of hydrogen-bond donors (Lipinski definition) is 1. The lowest BCUT2D eigenvalue weighted by Gasteiger charge is -1.99. The maximum atomic E-state index is 12.8. The Hall–Kier alpha value is -3.81. The van der Waals surface area contributed by atoms with Gasteiger partial charge in [-0.3, -0.25) is 14.9 Å². The van der Waals surface area contributed by atoms with E-state index in [2.05, 4.69) is 10.5 Å². The van der Waals surface area contributed by atoms with E-state index in [0.717, 1.165) is 0 Å². The second-order valence-corrected chi connectivity index (χ2v) is 5.18. The molecule has 0 aliphatic rings. The summed E-state index contributed by atoms with van der Waals surface area (Å²) in [6.45, 7) is 0. The molecule has 7 nitrogen and oxygen atoms in total. The topological polar surface area (TPSA) is 97.7 Å². The van der Waals surface area contributed by atoms with E-state index in [1.807, 2.05) is 0 Å². The minimum Gasteiger partial charge on any atom is -0.455 e. The van der Waals surface area contributed by atoms with Gasteiger partial charge in [0.05, 0.1) is 16.7 Å². The van der Waals surface area contributed by atoms with Gasteiger partial charge in [0.2, 0.25) is 0 Å². The number of nitrogens with zero attached hydrogens (tertiary/aromatic N) is 2. The zero-order chi connectivity index (χ0) is 18.5. The lowest BCUT2D eigenvalue weighted by atomic mass is 10.1. The van der Waals surface area contributed by atoms with Crippen molar-refractivity contribution in [2.24, 2.45) is 5.10 Å². The third-order valence-corrected chi connectivity index (χ3v) is 3.46. The zero-order valence-corrected chi connectivity index (χ0v) is 13.3. The second-order valence-electron chi connectivity index (χ2n) is 5.18. The summed E-state index contributed by atoms with van der Waals surface area (Å²) in [6.07, 6.45) is 1.26. The molecule has 3 rings (SSSR count). The average molecular weight is 353 g/mol. The fraction of sp³-hybridized carbons (Fsp3) is 0. The Balaban J connectivity index is 1.71. The van der Waals surface area contributed by atoms with Crippen molar-refractivity contribution < 1.29 is 18.5 Å². The summed E-state index contributed by atoms with van der Waals surface area (Å²) < 4.78 is 18.3. The van der Waals surface area contributed by atoms with Crippen LogP contribution < -0.4 is 5.43 Å². The SMILES string of the molecule is O=C(N/N=C\c1ccc(-c2ccccc2[N+](=O)[O-])o1)c1ccc(F)cc1. The van der Waals surface area contributed by atoms with Crippen molar-refractivity contribution in [3.05, 3.63) is 87.9 Å². The number of hydrogen-bond acceptors (Lipinski definition) is 5. The number of nitrogens with one attached hydrogen (secondary N) is 1. The summed E-state index contributed by atoms with van der Waals surface area (Å²) in [7, 11) is 0. The largest absolute Gasteiger partial charge is 0.455 e. The molecule has 0 saturated carbocycles. The molecule has 0 bridgehead atoms. The quantitative estimate of drug-likeness (QED) is 0.429. The minimum absolute atomic E-state index is 0.0741. The first-order chi connectivity index (χ1) is 12.5. The van der Waals surface area contributed by atoms with Gasteiger partial charge in [-0.05, 0) is 42.5 Å². The fourth-order valence-electron chi connectivity index (χ4n) is 2.23. The van der Waals surface area contributed by atoms with E-state index < -0.39 is 16.6 Å². The Morgan fingerprint density at radius 1 is 1.12 bits per heavy atom. The third kappa shape index (κ3) is 3.81. The highest BCUT2D eigenvalue weighted by molar-refractivity contribution is 5.94. The molecule has 1 N–H and O–H groups in total. The summed E-state index contributed by atoms with van der Waals surface area (Å²) in [5, 5.41) is 14.8. The molecule has 26 heavy (non-hydrogen) atoms. The Bertz CT molecular complexity index is 980. The molecule has 1 aromatic heterocycles. The molecule has 1 amide bonds. The zero-order valence-electron chi connectivity index (χ0n) is 13.3. The summed E-state index contributed by atoms with van der Waals surface area (Å²) in [5.74, 6) is -0.337. The van der Waals surface area contributed by atoms with Crippen LogP contribution in [0.25, 0.3) is 11.3 Å². The number of carbonyl (C=O) groups is 1. The monoisotopic (exact) mass is 353 g/mol. The summed E-state index contributed by atoms with van der Waals surface area (Å²) >= 11 is 0. The van der Waals surface area contributed by atoms with Crippen LogP contribution in [-0.4, -0.2) is 17.0 Å². The van der Waals surface area contributed by atoms with Crippen molar-refractivity contribution in [3.8, 4) is 11.3 Å². The molecule has 0 aliphatic heterocycles. The predicted octanol–water partition coefficient (Wildman–Crippen LogP) is 3.76. The lowest BCUT2D eigenvalue weighted by molar-refractivity contribution is -0.384. The summed E-state index contributed by atoms with van der Waals surface area (Å²) in [4.78, 5) is 22.4. The van der Waals surface area contributed by atoms with Gasteiger partial charge in [-0.1, -0.05) is 12.1 Å². The Morgan fingerprint density at radius 2 is 1.85 bits per heavy atom. The van der Waals surface area contributed by atoms with E-state index in [1.54, 1.807) is 30.3 Å². The highest BCUT2D eigenvalue weighted by atomic mass is 19.1. The first-order valence-corrected chi connectivity index (χ1v) is 7.47. The number of nitro groups is 1. The van der Waals surface area contributed by atoms with E-state index >= 15 is 0 Å². The number of nitro benzene ring substituents is 1. The van der Waals surface area contributed by atoms with Gasteiger partial charge in [-0.25, -0.2) is 9.82 Å². The molecule has 0 unspecified atom stereocenters. The molecule has 0 saturated heterocycles. The number of halogens is 1. The first-order valence-electron chi connectivity index (χ1n) is 7.47. The van der Waals surface area contributed by atoms with Crippen LogP contribution in [0, 0.1) is 15.9 Å². The number of hydrazone groups is 1. The Kier molecular flexibility index (Phi) is 4.84. The molecule has 8 heteroatoms. The van der Waals surface area contributed by atoms with Crippen LogP contribution in [0.1, 0.15) is 16.1 Å². The lowest BCUT2D eigenvalue weighted by Crippen LogP contribution is -2.17. The van der Waals surface area contributed by atoms with Crippen LogP contribution >= 0.6 is 0 Å². The van der Waals surface area contributed by atoms with Gasteiger partial charge in [0.25, 0.3) is 11.6 Å². The van der Waals surface area contributed by atoms with Crippen LogP contribution in [0.3, 0.4) is 0 Å². The van der Waals surface area contributed by atoms with E-state index in [1.165, 1.54) is 36.5 Å². The molecule has 0 atom stereocenters. The molecule has 2 aromatic carbocycles. The van der Waals surface area contributed by atoms with Crippen LogP contribution in [0.2, 0.25) is 0 Å². The van der Waals surface area contributed by atoms with Crippen molar-refractivity contribution in [2.75, 3.05) is 0 Å². The predicted molar refractivity (Wildman–Crippen MR) is 92.3 cm³/mol. The molecule has 0 aliphatic carbocycles. The Morgan fingerprint density at radius 3 is 2.58 bits per heavy atom. The molecular formula is C18H12FN3O4. The number of rotatable bonds is 5. The highest BCUT2D eigenvalue weighted by Crippen LogP contribution is 2.30. The molecule has 0 fully saturated rings. The van der Waals surface area contributed by atoms with E-state index in [4.69, 9.17) is 4.42 Å². The van der Waals surface area contributed by atoms with Crippen molar-refractivity contribution in [1.29, 1.82) is 0 Å². The molecule has 3 aromatic rings. The van der Waals surface area contributed by atoms with Crippen LogP contribution in [0.5, 0.6) is 0 Å². The number of amides is 1. The van der Waals surface area contributed by atoms with Gasteiger partial charge in [0.15, 0.2) is 0 Å². The normalized spacial score (nSPS) is 10.8. The van der Waals surface area contributed by atoms with Gasteiger partial charge < -0.3 is 4.42 Å². The van der Waals surface area contributed by atoms with Crippen LogP contribution in [-0.2, 0) is 0 Å². The van der Waals surface area contributed by atoms with Crippen molar-refractivity contribution in [2.45, 2.75) is 0 Å².